The normalized spacial score (nSPS) is 20.1. The number of hydrogen-bond donors (Lipinski definition) is 2. The Morgan fingerprint density at radius 3 is 2.96 bits per heavy atom. The first-order valence-electron chi connectivity index (χ1n) is 8.12. The molecule has 0 fully saturated rings. The minimum Gasteiger partial charge on any atom is -0.362 e. The zero-order valence-electron chi connectivity index (χ0n) is 13.8. The fourth-order valence-corrected chi connectivity index (χ4v) is 4.65. The van der Waals surface area contributed by atoms with Gasteiger partial charge in [0.2, 0.25) is 5.28 Å². The van der Waals surface area contributed by atoms with Crippen molar-refractivity contribution in [2.45, 2.75) is 31.3 Å². The van der Waals surface area contributed by atoms with Crippen LogP contribution in [0.1, 0.15) is 30.0 Å². The Hall–Kier alpha value is -1.62. The van der Waals surface area contributed by atoms with Gasteiger partial charge in [-0.1, -0.05) is 6.08 Å². The predicted octanol–water partition coefficient (Wildman–Crippen LogP) is 4.41. The van der Waals surface area contributed by atoms with Gasteiger partial charge >= 0.3 is 0 Å². The number of halogens is 4. The number of rotatable bonds is 4. The third-order valence-electron chi connectivity index (χ3n) is 4.52. The van der Waals surface area contributed by atoms with Gasteiger partial charge in [0, 0.05) is 29.3 Å². The van der Waals surface area contributed by atoms with Gasteiger partial charge in [0.1, 0.15) is 10.1 Å². The van der Waals surface area contributed by atoms with Crippen LogP contribution in [0.15, 0.2) is 28.0 Å². The van der Waals surface area contributed by atoms with Gasteiger partial charge < -0.3 is 11.1 Å². The number of nitrogens with two attached hydrogens (primary N) is 1. The summed E-state index contributed by atoms with van der Waals surface area (Å²) in [6, 6.07) is 1.32. The van der Waals surface area contributed by atoms with Crippen molar-refractivity contribution < 1.29 is 8.78 Å². The average Bonchev–Trinajstić information content (AvgIpc) is 3.22. The first kappa shape index (κ1) is 18.7. The monoisotopic (exact) mass is 474 g/mol. The fraction of sp³-hybridized carbons (Fsp3) is 0.312. The second-order valence-corrected chi connectivity index (χ2v) is 7.97. The second-order valence-electron chi connectivity index (χ2n) is 6.21. The molecule has 142 valence electrons. The van der Waals surface area contributed by atoms with Crippen LogP contribution in [-0.4, -0.2) is 25.0 Å². The molecule has 3 aromatic heterocycles. The third kappa shape index (κ3) is 3.46. The number of fused-ring (bicyclic) bond motifs is 1. The highest BCUT2D eigenvalue weighted by Gasteiger charge is 2.33. The lowest BCUT2D eigenvalue weighted by Crippen LogP contribution is -2.31. The summed E-state index contributed by atoms with van der Waals surface area (Å²) in [5, 5.41) is 8.97. The lowest BCUT2D eigenvalue weighted by Gasteiger charge is -2.25. The minimum absolute atomic E-state index is 0.0376. The summed E-state index contributed by atoms with van der Waals surface area (Å²) < 4.78 is 34.9. The van der Waals surface area contributed by atoms with E-state index in [1.807, 2.05) is 11.4 Å². The summed E-state index contributed by atoms with van der Waals surface area (Å²) in [6.07, 6.45) is 1.83. The molecule has 1 aliphatic carbocycles. The summed E-state index contributed by atoms with van der Waals surface area (Å²) in [5.74, 6) is -0.910. The van der Waals surface area contributed by atoms with Gasteiger partial charge in [-0.15, -0.1) is 5.10 Å². The molecule has 6 nitrogen and oxygen atoms in total. The lowest BCUT2D eigenvalue weighted by atomic mass is 9.84. The van der Waals surface area contributed by atoms with Crippen molar-refractivity contribution in [3.05, 3.63) is 50.3 Å². The van der Waals surface area contributed by atoms with Gasteiger partial charge in [-0.25, -0.2) is 13.3 Å². The molecule has 3 N–H and O–H groups in total. The lowest BCUT2D eigenvalue weighted by molar-refractivity contribution is 0.431. The van der Waals surface area contributed by atoms with E-state index in [9.17, 15) is 4.39 Å². The first-order chi connectivity index (χ1) is 13.0. The summed E-state index contributed by atoms with van der Waals surface area (Å²) in [4.78, 5) is 4.13. The molecule has 0 amide bonds. The summed E-state index contributed by atoms with van der Waals surface area (Å²) in [7, 11) is 0. The summed E-state index contributed by atoms with van der Waals surface area (Å²) in [6.45, 7) is 0.362. The molecule has 0 unspecified atom stereocenters. The molecule has 3 aromatic rings. The molecule has 0 aliphatic heterocycles. The largest absolute Gasteiger partial charge is 0.362 e. The molecule has 11 heteroatoms. The Morgan fingerprint density at radius 2 is 2.26 bits per heavy atom. The van der Waals surface area contributed by atoms with E-state index in [4.69, 9.17) is 17.3 Å². The molecule has 0 bridgehead atoms. The second kappa shape index (κ2) is 7.42. The number of anilines is 1. The molecule has 3 heterocycles. The SMILES string of the molecule is N[C@H]1CC(F)=CC[C@@H]1c1c(F)c2c(NCc3ccsn3)nc(Cl)nn2c1Br. The van der Waals surface area contributed by atoms with E-state index < -0.39 is 11.9 Å². The molecule has 4 rings (SSSR count). The van der Waals surface area contributed by atoms with Gasteiger partial charge in [0.15, 0.2) is 11.6 Å². The van der Waals surface area contributed by atoms with Crippen molar-refractivity contribution >= 4 is 50.4 Å². The molecule has 0 spiro atoms. The average molecular weight is 476 g/mol. The topological polar surface area (TPSA) is 81.1 Å². The molecular weight excluding hydrogens is 462 g/mol. The Labute approximate surface area is 170 Å². The molecule has 1 aliphatic rings. The maximum absolute atomic E-state index is 15.4. The van der Waals surface area contributed by atoms with Crippen LogP contribution in [0.5, 0.6) is 0 Å². The highest BCUT2D eigenvalue weighted by molar-refractivity contribution is 9.10. The van der Waals surface area contributed by atoms with E-state index in [2.05, 4.69) is 35.7 Å². The van der Waals surface area contributed by atoms with Gasteiger partial charge in [0.25, 0.3) is 0 Å². The molecule has 2 atom stereocenters. The number of nitrogens with one attached hydrogen (secondary N) is 1. The van der Waals surface area contributed by atoms with Crippen LogP contribution in [0.2, 0.25) is 5.28 Å². The van der Waals surface area contributed by atoms with Gasteiger partial charge in [-0.2, -0.15) is 9.36 Å². The molecule has 0 saturated heterocycles. The van der Waals surface area contributed by atoms with Gasteiger partial charge in [0.05, 0.1) is 18.1 Å². The zero-order chi connectivity index (χ0) is 19.1. The van der Waals surface area contributed by atoms with E-state index >= 15 is 4.39 Å². The standard InChI is InChI=1S/C16H14BrClF2N6S/c17-14-11(9-2-1-7(19)5-10(9)21)12(20)13-15(23-16(18)24-26(13)14)22-6-8-3-4-27-25-8/h1,3-4,9-10H,2,5-6,21H2,(H,22,23,24)/t9-,10-/m0/s1. The van der Waals surface area contributed by atoms with E-state index in [-0.39, 0.29) is 34.8 Å². The summed E-state index contributed by atoms with van der Waals surface area (Å²) >= 11 is 10.8. The van der Waals surface area contributed by atoms with Gasteiger partial charge in [-0.3, -0.25) is 0 Å². The highest BCUT2D eigenvalue weighted by Crippen LogP contribution is 2.40. The van der Waals surface area contributed by atoms with Crippen molar-refractivity contribution in [3.8, 4) is 0 Å². The van der Waals surface area contributed by atoms with Crippen LogP contribution in [0.3, 0.4) is 0 Å². The number of hydrogen-bond acceptors (Lipinski definition) is 6. The van der Waals surface area contributed by atoms with Crippen molar-refractivity contribution in [1.29, 1.82) is 0 Å². The van der Waals surface area contributed by atoms with E-state index in [0.717, 1.165) is 5.69 Å². The molecular formula is C16H14BrClF2N6S. The van der Waals surface area contributed by atoms with Crippen molar-refractivity contribution in [1.82, 2.24) is 19.0 Å². The van der Waals surface area contributed by atoms with E-state index in [1.54, 1.807) is 0 Å². The number of nitrogens with zero attached hydrogens (tertiary/aromatic N) is 4. The van der Waals surface area contributed by atoms with Crippen molar-refractivity contribution in [3.63, 3.8) is 0 Å². The summed E-state index contributed by atoms with van der Waals surface area (Å²) in [5.41, 5.74) is 7.39. The quantitative estimate of drug-likeness (QED) is 0.584. The third-order valence-corrected chi connectivity index (χ3v) is 6.04. The Kier molecular flexibility index (Phi) is 5.15. The maximum Gasteiger partial charge on any atom is 0.243 e. The fourth-order valence-electron chi connectivity index (χ4n) is 3.23. The van der Waals surface area contributed by atoms with Crippen LogP contribution >= 0.6 is 39.1 Å². The number of allylic oxidation sites excluding steroid dienone is 1. The smallest absolute Gasteiger partial charge is 0.243 e. The van der Waals surface area contributed by atoms with E-state index in [1.165, 1.54) is 22.1 Å². The van der Waals surface area contributed by atoms with Crippen molar-refractivity contribution in [2.24, 2.45) is 5.73 Å². The Bertz CT molecular complexity index is 1020. The number of aromatic nitrogens is 4. The minimum atomic E-state index is -0.534. The maximum atomic E-state index is 15.4. The predicted molar refractivity (Wildman–Crippen MR) is 104 cm³/mol. The Balaban J connectivity index is 1.79. The molecule has 0 radical (unpaired) electrons. The molecule has 0 saturated carbocycles. The highest BCUT2D eigenvalue weighted by atomic mass is 79.9. The van der Waals surface area contributed by atoms with Gasteiger partial charge in [-0.05, 0) is 51.6 Å². The Morgan fingerprint density at radius 1 is 1.44 bits per heavy atom. The van der Waals surface area contributed by atoms with Crippen LogP contribution in [0.4, 0.5) is 14.6 Å². The first-order valence-corrected chi connectivity index (χ1v) is 10.1. The van der Waals surface area contributed by atoms with Crippen LogP contribution < -0.4 is 11.1 Å². The van der Waals surface area contributed by atoms with Crippen LogP contribution in [0, 0.1) is 5.82 Å². The molecule has 0 aromatic carbocycles. The van der Waals surface area contributed by atoms with Crippen LogP contribution in [0.25, 0.3) is 5.52 Å². The molecule has 27 heavy (non-hydrogen) atoms. The van der Waals surface area contributed by atoms with E-state index in [0.29, 0.717) is 23.1 Å². The zero-order valence-corrected chi connectivity index (χ0v) is 17.0. The van der Waals surface area contributed by atoms with Crippen LogP contribution in [-0.2, 0) is 6.54 Å². The van der Waals surface area contributed by atoms with Crippen molar-refractivity contribution in [2.75, 3.05) is 5.32 Å².